The molecule has 1 aromatic carbocycles. The minimum absolute atomic E-state index is 0.00814. The van der Waals surface area contributed by atoms with Crippen LogP contribution >= 0.6 is 11.6 Å². The molecule has 0 unspecified atom stereocenters. The first-order valence-corrected chi connectivity index (χ1v) is 7.45. The molecule has 4 nitrogen and oxygen atoms in total. The van der Waals surface area contributed by atoms with Crippen molar-refractivity contribution < 1.29 is 8.42 Å². The van der Waals surface area contributed by atoms with Crippen molar-refractivity contribution in [3.63, 3.8) is 0 Å². The summed E-state index contributed by atoms with van der Waals surface area (Å²) in [5, 5.41) is 9.32. The molecule has 1 atom stereocenters. The highest BCUT2D eigenvalue weighted by molar-refractivity contribution is 7.89. The van der Waals surface area contributed by atoms with Gasteiger partial charge in [0.05, 0.1) is 11.1 Å². The number of benzene rings is 1. The Hall–Kier alpha value is -1.09. The molecule has 0 aliphatic heterocycles. The van der Waals surface area contributed by atoms with Gasteiger partial charge in [0.1, 0.15) is 10.4 Å². The van der Waals surface area contributed by atoms with Crippen molar-refractivity contribution in [2.24, 2.45) is 5.92 Å². The van der Waals surface area contributed by atoms with E-state index in [0.717, 1.165) is 12.8 Å². The second kappa shape index (κ2) is 4.54. The van der Waals surface area contributed by atoms with Gasteiger partial charge in [-0.05, 0) is 37.8 Å². The molecule has 0 saturated heterocycles. The molecule has 1 saturated carbocycles. The molecule has 2 rings (SSSR count). The largest absolute Gasteiger partial charge is 0.243 e. The van der Waals surface area contributed by atoms with Gasteiger partial charge in [0, 0.05) is 0 Å². The molecule has 1 aromatic rings. The fourth-order valence-corrected chi connectivity index (χ4v) is 3.76. The van der Waals surface area contributed by atoms with Crippen LogP contribution < -0.4 is 4.72 Å². The zero-order chi connectivity index (χ0) is 13.4. The van der Waals surface area contributed by atoms with Crippen LogP contribution in [0, 0.1) is 17.2 Å². The van der Waals surface area contributed by atoms with E-state index < -0.39 is 15.6 Å². The second-order valence-electron chi connectivity index (χ2n) is 4.62. The third-order valence-electron chi connectivity index (χ3n) is 3.10. The molecular formula is C12H13ClN2O2S. The summed E-state index contributed by atoms with van der Waals surface area (Å²) in [5.74, 6) is 0.0831. The lowest BCUT2D eigenvalue weighted by atomic mass is 10.0. The van der Waals surface area contributed by atoms with Crippen molar-refractivity contribution in [1.82, 2.24) is 4.72 Å². The Morgan fingerprint density at radius 2 is 2.06 bits per heavy atom. The minimum atomic E-state index is -3.77. The molecule has 1 fully saturated rings. The van der Waals surface area contributed by atoms with Gasteiger partial charge in [-0.25, -0.2) is 8.42 Å². The van der Waals surface area contributed by atoms with E-state index in [1.54, 1.807) is 19.1 Å². The molecule has 0 aromatic heterocycles. The van der Waals surface area contributed by atoms with Gasteiger partial charge in [0.2, 0.25) is 10.0 Å². The lowest BCUT2D eigenvalue weighted by Crippen LogP contribution is -2.46. The summed E-state index contributed by atoms with van der Waals surface area (Å²) in [7, 11) is -3.77. The summed E-state index contributed by atoms with van der Waals surface area (Å²) in [6, 6.07) is 8.25. The van der Waals surface area contributed by atoms with Gasteiger partial charge in [-0.1, -0.05) is 23.7 Å². The molecule has 0 spiro atoms. The van der Waals surface area contributed by atoms with Crippen molar-refractivity contribution in [3.8, 4) is 6.07 Å². The van der Waals surface area contributed by atoms with Crippen LogP contribution in [-0.4, -0.2) is 14.0 Å². The molecule has 6 heteroatoms. The van der Waals surface area contributed by atoms with E-state index in [1.807, 2.05) is 0 Å². The lowest BCUT2D eigenvalue weighted by molar-refractivity contribution is 0.458. The zero-order valence-electron chi connectivity index (χ0n) is 9.85. The Morgan fingerprint density at radius 3 is 2.56 bits per heavy atom. The van der Waals surface area contributed by atoms with Crippen molar-refractivity contribution in [2.45, 2.75) is 30.2 Å². The topological polar surface area (TPSA) is 70.0 Å². The number of nitrogens with zero attached hydrogens (tertiary/aromatic N) is 1. The maximum atomic E-state index is 12.2. The summed E-state index contributed by atoms with van der Waals surface area (Å²) in [6.45, 7) is 1.61. The number of nitrogens with one attached hydrogen (secondary N) is 1. The monoisotopic (exact) mass is 284 g/mol. The van der Waals surface area contributed by atoms with Gasteiger partial charge in [-0.2, -0.15) is 9.98 Å². The predicted octanol–water partition coefficient (Wildman–Crippen LogP) is 2.31. The van der Waals surface area contributed by atoms with E-state index >= 15 is 0 Å². The van der Waals surface area contributed by atoms with Crippen molar-refractivity contribution >= 4 is 21.6 Å². The first-order valence-electron chi connectivity index (χ1n) is 5.59. The fourth-order valence-electron chi connectivity index (χ4n) is 1.85. The summed E-state index contributed by atoms with van der Waals surface area (Å²) < 4.78 is 26.9. The van der Waals surface area contributed by atoms with Crippen molar-refractivity contribution in [1.29, 1.82) is 5.26 Å². The van der Waals surface area contributed by atoms with Gasteiger partial charge in [0.15, 0.2) is 0 Å². The lowest BCUT2D eigenvalue weighted by Gasteiger charge is -2.22. The predicted molar refractivity (Wildman–Crippen MR) is 68.5 cm³/mol. The third kappa shape index (κ3) is 2.51. The summed E-state index contributed by atoms with van der Waals surface area (Å²) in [5.41, 5.74) is -1.06. The van der Waals surface area contributed by atoms with E-state index in [1.165, 1.54) is 12.1 Å². The standard InChI is InChI=1S/C12H13ClN2O2S/c1-12(8-14,9-6-7-9)15-18(16,17)11-5-3-2-4-10(11)13/h2-5,9,15H,6-7H2,1H3/t12-/m1/s1. The molecule has 18 heavy (non-hydrogen) atoms. The quantitative estimate of drug-likeness (QED) is 0.922. The summed E-state index contributed by atoms with van der Waals surface area (Å²) in [6.07, 6.45) is 1.74. The molecule has 96 valence electrons. The summed E-state index contributed by atoms with van der Waals surface area (Å²) in [4.78, 5) is 0.00814. The number of nitriles is 1. The summed E-state index contributed by atoms with van der Waals surface area (Å²) >= 11 is 5.87. The SMILES string of the molecule is C[C@](C#N)(NS(=O)(=O)c1ccccc1Cl)C1CC1. The fraction of sp³-hybridized carbons (Fsp3) is 0.417. The van der Waals surface area contributed by atoms with Gasteiger partial charge in [0.25, 0.3) is 0 Å². The Bertz CT molecular complexity index is 605. The normalized spacial score (nSPS) is 18.9. The molecule has 1 aliphatic rings. The molecular weight excluding hydrogens is 272 g/mol. The highest BCUT2D eigenvalue weighted by atomic mass is 35.5. The van der Waals surface area contributed by atoms with Crippen LogP contribution in [0.4, 0.5) is 0 Å². The van der Waals surface area contributed by atoms with Crippen LogP contribution in [0.2, 0.25) is 5.02 Å². The van der Waals surface area contributed by atoms with E-state index in [9.17, 15) is 8.42 Å². The Morgan fingerprint density at radius 1 is 1.44 bits per heavy atom. The highest BCUT2D eigenvalue weighted by Gasteiger charge is 2.45. The smallest absolute Gasteiger partial charge is 0.207 e. The zero-order valence-corrected chi connectivity index (χ0v) is 11.4. The Balaban J connectivity index is 2.34. The van der Waals surface area contributed by atoms with Crippen LogP contribution in [0.15, 0.2) is 29.2 Å². The highest BCUT2D eigenvalue weighted by Crippen LogP contribution is 2.40. The van der Waals surface area contributed by atoms with Crippen LogP contribution in [0.25, 0.3) is 0 Å². The molecule has 0 heterocycles. The molecule has 0 bridgehead atoms. The van der Waals surface area contributed by atoms with Gasteiger partial charge in [-0.3, -0.25) is 0 Å². The van der Waals surface area contributed by atoms with Gasteiger partial charge in [-0.15, -0.1) is 0 Å². The Kier molecular flexibility index (Phi) is 3.37. The number of sulfonamides is 1. The number of rotatable bonds is 4. The minimum Gasteiger partial charge on any atom is -0.207 e. The van der Waals surface area contributed by atoms with E-state index in [-0.39, 0.29) is 15.8 Å². The van der Waals surface area contributed by atoms with E-state index in [4.69, 9.17) is 16.9 Å². The maximum Gasteiger partial charge on any atom is 0.243 e. The molecule has 1 aliphatic carbocycles. The van der Waals surface area contributed by atoms with Crippen molar-refractivity contribution in [2.75, 3.05) is 0 Å². The molecule has 1 N–H and O–H groups in total. The first kappa shape index (κ1) is 13.3. The number of halogens is 1. The van der Waals surface area contributed by atoms with Crippen LogP contribution in [0.3, 0.4) is 0 Å². The first-order chi connectivity index (χ1) is 8.39. The third-order valence-corrected chi connectivity index (χ3v) is 5.17. The van der Waals surface area contributed by atoms with Crippen LogP contribution in [0.5, 0.6) is 0 Å². The second-order valence-corrected chi connectivity index (χ2v) is 6.68. The average Bonchev–Trinajstić information content (AvgIpc) is 3.12. The van der Waals surface area contributed by atoms with E-state index in [0.29, 0.717) is 0 Å². The van der Waals surface area contributed by atoms with Crippen LogP contribution in [0.1, 0.15) is 19.8 Å². The number of hydrogen-bond acceptors (Lipinski definition) is 3. The van der Waals surface area contributed by atoms with Crippen LogP contribution in [-0.2, 0) is 10.0 Å². The van der Waals surface area contributed by atoms with Gasteiger partial charge < -0.3 is 0 Å². The van der Waals surface area contributed by atoms with Gasteiger partial charge >= 0.3 is 0 Å². The van der Waals surface area contributed by atoms with E-state index in [2.05, 4.69) is 10.8 Å². The molecule has 0 radical (unpaired) electrons. The maximum absolute atomic E-state index is 12.2. The van der Waals surface area contributed by atoms with Crippen molar-refractivity contribution in [3.05, 3.63) is 29.3 Å². The Labute approximate surface area is 112 Å². The molecule has 0 amide bonds. The number of hydrogen-bond donors (Lipinski definition) is 1. The average molecular weight is 285 g/mol.